The number of rotatable bonds is 9. The maximum absolute atomic E-state index is 14.2. The smallest absolute Gasteiger partial charge is 0.345 e. The van der Waals surface area contributed by atoms with Gasteiger partial charge in [0.1, 0.15) is 22.9 Å². The van der Waals surface area contributed by atoms with E-state index in [4.69, 9.17) is 4.74 Å². The Balaban J connectivity index is 2.15. The third-order valence-corrected chi connectivity index (χ3v) is 3.84. The molecule has 0 amide bonds. The lowest BCUT2D eigenvalue weighted by Crippen LogP contribution is -2.06. The van der Waals surface area contributed by atoms with Gasteiger partial charge in [-0.3, -0.25) is 10.1 Å². The van der Waals surface area contributed by atoms with Crippen molar-refractivity contribution in [1.29, 1.82) is 0 Å². The van der Waals surface area contributed by atoms with Crippen LogP contribution in [0.5, 0.6) is 11.5 Å². The zero-order valence-electron chi connectivity index (χ0n) is 15.2. The summed E-state index contributed by atoms with van der Waals surface area (Å²) in [4.78, 5) is 22.1. The number of ether oxygens (including phenoxy) is 2. The number of nitrogens with zero attached hydrogens (tertiary/aromatic N) is 1. The van der Waals surface area contributed by atoms with Crippen LogP contribution in [0.25, 0.3) is 0 Å². The number of carbonyl (C=O) groups is 1. The molecule has 0 atom stereocenters. The predicted octanol–water partition coefficient (Wildman–Crippen LogP) is 4.91. The summed E-state index contributed by atoms with van der Waals surface area (Å²) in [5.41, 5.74) is -0.265. The molecule has 0 aliphatic carbocycles. The molecule has 0 saturated heterocycles. The fourth-order valence-electron chi connectivity index (χ4n) is 2.45. The van der Waals surface area contributed by atoms with Crippen molar-refractivity contribution in [2.24, 2.45) is 0 Å². The van der Waals surface area contributed by atoms with Crippen molar-refractivity contribution in [3.63, 3.8) is 0 Å². The molecule has 0 aliphatic rings. The van der Waals surface area contributed by atoms with E-state index in [0.717, 1.165) is 32.4 Å². The van der Waals surface area contributed by atoms with Crippen LogP contribution in [0.2, 0.25) is 0 Å². The molecule has 27 heavy (non-hydrogen) atoms. The molecule has 0 fully saturated rings. The first-order valence-corrected chi connectivity index (χ1v) is 8.54. The topological polar surface area (TPSA) is 90.7 Å². The number of hydrogen-bond acceptors (Lipinski definition) is 6. The minimum absolute atomic E-state index is 0.157. The van der Waals surface area contributed by atoms with E-state index in [2.05, 4.69) is 17.0 Å². The van der Waals surface area contributed by atoms with Crippen LogP contribution >= 0.6 is 0 Å². The zero-order chi connectivity index (χ0) is 19.8. The Morgan fingerprint density at radius 3 is 2.52 bits per heavy atom. The Hall–Kier alpha value is -3.16. The number of nitro groups is 1. The third-order valence-electron chi connectivity index (χ3n) is 3.84. The molecule has 0 radical (unpaired) electrons. The van der Waals surface area contributed by atoms with Crippen LogP contribution in [0.3, 0.4) is 0 Å². The fourth-order valence-corrected chi connectivity index (χ4v) is 2.45. The largest absolute Gasteiger partial charge is 0.465 e. The number of methoxy groups -OCH3 is 1. The van der Waals surface area contributed by atoms with E-state index in [1.807, 2.05) is 0 Å². The van der Waals surface area contributed by atoms with Crippen molar-refractivity contribution in [3.05, 3.63) is 57.9 Å². The van der Waals surface area contributed by atoms with E-state index < -0.39 is 22.4 Å². The van der Waals surface area contributed by atoms with Gasteiger partial charge >= 0.3 is 5.97 Å². The Morgan fingerprint density at radius 1 is 1.19 bits per heavy atom. The van der Waals surface area contributed by atoms with Crippen molar-refractivity contribution >= 4 is 17.3 Å². The van der Waals surface area contributed by atoms with E-state index in [-0.39, 0.29) is 17.1 Å². The molecule has 1 N–H and O–H groups in total. The summed E-state index contributed by atoms with van der Waals surface area (Å²) in [5, 5.41) is 14.0. The van der Waals surface area contributed by atoms with E-state index in [0.29, 0.717) is 12.2 Å². The van der Waals surface area contributed by atoms with Crippen LogP contribution in [0.4, 0.5) is 15.8 Å². The lowest BCUT2D eigenvalue weighted by molar-refractivity contribution is -0.385. The molecule has 0 aliphatic heterocycles. The minimum atomic E-state index is -0.857. The molecule has 0 spiro atoms. The van der Waals surface area contributed by atoms with Crippen LogP contribution in [0.15, 0.2) is 36.4 Å². The summed E-state index contributed by atoms with van der Waals surface area (Å²) < 4.78 is 24.3. The number of unbranched alkanes of at least 4 members (excludes halogenated alkanes) is 2. The highest BCUT2D eigenvalue weighted by Gasteiger charge is 2.22. The summed E-state index contributed by atoms with van der Waals surface area (Å²) >= 11 is 0. The molecule has 0 unspecified atom stereocenters. The van der Waals surface area contributed by atoms with Gasteiger partial charge in [0.05, 0.1) is 17.7 Å². The lowest BCUT2D eigenvalue weighted by Gasteiger charge is -2.11. The third kappa shape index (κ3) is 5.40. The summed E-state index contributed by atoms with van der Waals surface area (Å²) in [5.74, 6) is -0.968. The maximum Gasteiger partial charge on any atom is 0.345 e. The van der Waals surface area contributed by atoms with Crippen molar-refractivity contribution in [2.75, 3.05) is 19.0 Å². The van der Waals surface area contributed by atoms with E-state index >= 15 is 0 Å². The normalized spacial score (nSPS) is 10.3. The van der Waals surface area contributed by atoms with Crippen molar-refractivity contribution < 1.29 is 23.6 Å². The SMILES string of the molecule is CCCCCNc1ccc(Oc2ccc([N+](=O)[O-])c(C(=O)OC)c2)cc1F. The molecule has 2 aromatic carbocycles. The molecular weight excluding hydrogens is 355 g/mol. The summed E-state index contributed by atoms with van der Waals surface area (Å²) in [6.07, 6.45) is 3.10. The van der Waals surface area contributed by atoms with Gasteiger partial charge in [-0.15, -0.1) is 0 Å². The fraction of sp³-hybridized carbons (Fsp3) is 0.316. The van der Waals surface area contributed by atoms with Gasteiger partial charge in [-0.25, -0.2) is 9.18 Å². The van der Waals surface area contributed by atoms with Crippen LogP contribution in [0.1, 0.15) is 36.5 Å². The first-order valence-electron chi connectivity index (χ1n) is 8.54. The second-order valence-corrected chi connectivity index (χ2v) is 5.81. The minimum Gasteiger partial charge on any atom is -0.465 e. The predicted molar refractivity (Wildman–Crippen MR) is 98.9 cm³/mol. The number of esters is 1. The number of anilines is 1. The van der Waals surface area contributed by atoms with Crippen molar-refractivity contribution in [2.45, 2.75) is 26.2 Å². The molecule has 144 valence electrons. The van der Waals surface area contributed by atoms with Gasteiger partial charge in [0.2, 0.25) is 0 Å². The van der Waals surface area contributed by atoms with Gasteiger partial charge in [0, 0.05) is 24.7 Å². The highest BCUT2D eigenvalue weighted by Crippen LogP contribution is 2.30. The molecule has 0 bridgehead atoms. The summed E-state index contributed by atoms with van der Waals surface area (Å²) in [6, 6.07) is 8.01. The van der Waals surface area contributed by atoms with E-state index in [1.165, 1.54) is 18.2 Å². The van der Waals surface area contributed by atoms with Gasteiger partial charge in [-0.1, -0.05) is 19.8 Å². The first-order chi connectivity index (χ1) is 13.0. The van der Waals surface area contributed by atoms with Crippen LogP contribution in [-0.2, 0) is 4.74 Å². The number of halogens is 1. The molecule has 0 saturated carbocycles. The average Bonchev–Trinajstić information content (AvgIpc) is 2.65. The molecule has 8 heteroatoms. The van der Waals surface area contributed by atoms with E-state index in [1.54, 1.807) is 12.1 Å². The summed E-state index contributed by atoms with van der Waals surface area (Å²) in [6.45, 7) is 2.77. The Labute approximate surface area is 156 Å². The monoisotopic (exact) mass is 376 g/mol. The Bertz CT molecular complexity index is 826. The molecule has 7 nitrogen and oxygen atoms in total. The quantitative estimate of drug-likeness (QED) is 0.289. The van der Waals surface area contributed by atoms with Gasteiger partial charge in [0.25, 0.3) is 5.69 Å². The molecule has 2 rings (SSSR count). The number of nitrogens with one attached hydrogen (secondary N) is 1. The number of hydrogen-bond donors (Lipinski definition) is 1. The highest BCUT2D eigenvalue weighted by molar-refractivity contribution is 5.94. The van der Waals surface area contributed by atoms with Crippen LogP contribution < -0.4 is 10.1 Å². The Kier molecular flexibility index (Phi) is 7.10. The van der Waals surface area contributed by atoms with Gasteiger partial charge in [-0.2, -0.15) is 0 Å². The van der Waals surface area contributed by atoms with Gasteiger partial charge < -0.3 is 14.8 Å². The molecule has 2 aromatic rings. The zero-order valence-corrected chi connectivity index (χ0v) is 15.2. The van der Waals surface area contributed by atoms with Gasteiger partial charge in [-0.05, 0) is 24.6 Å². The maximum atomic E-state index is 14.2. The van der Waals surface area contributed by atoms with Crippen molar-refractivity contribution in [3.8, 4) is 11.5 Å². The van der Waals surface area contributed by atoms with Crippen molar-refractivity contribution in [1.82, 2.24) is 0 Å². The average molecular weight is 376 g/mol. The number of carbonyl (C=O) groups excluding carboxylic acids is 1. The standard InChI is InChI=1S/C19H21FN2O5/c1-3-4-5-10-21-17-8-6-14(12-16(17)20)27-13-7-9-18(22(24)25)15(11-13)19(23)26-2/h6-9,11-12,21H,3-5,10H2,1-2H3. The summed E-state index contributed by atoms with van der Waals surface area (Å²) in [7, 11) is 1.13. The Morgan fingerprint density at radius 2 is 1.89 bits per heavy atom. The molecule has 0 heterocycles. The number of nitro benzene ring substituents is 1. The van der Waals surface area contributed by atoms with Crippen LogP contribution in [0, 0.1) is 15.9 Å². The second kappa shape index (κ2) is 9.51. The van der Waals surface area contributed by atoms with E-state index in [9.17, 15) is 19.3 Å². The molecular formula is C19H21FN2O5. The van der Waals surface area contributed by atoms with Gasteiger partial charge in [0.15, 0.2) is 0 Å². The number of benzene rings is 2. The van der Waals surface area contributed by atoms with Crippen LogP contribution in [-0.4, -0.2) is 24.5 Å². The second-order valence-electron chi connectivity index (χ2n) is 5.81. The lowest BCUT2D eigenvalue weighted by atomic mass is 10.1. The highest BCUT2D eigenvalue weighted by atomic mass is 19.1. The first kappa shape index (κ1) is 20.2. The molecule has 0 aromatic heterocycles.